The zero-order valence-corrected chi connectivity index (χ0v) is 16.6. The van der Waals surface area contributed by atoms with Crippen LogP contribution in [-0.2, 0) is 11.3 Å². The number of rotatable bonds is 5. The molecule has 0 unspecified atom stereocenters. The van der Waals surface area contributed by atoms with Gasteiger partial charge in [0.25, 0.3) is 0 Å². The van der Waals surface area contributed by atoms with Crippen LogP contribution < -0.4 is 10.2 Å². The first-order valence-corrected chi connectivity index (χ1v) is 10.0. The number of anilines is 1. The van der Waals surface area contributed by atoms with E-state index in [0.717, 1.165) is 43.9 Å². The smallest absolute Gasteiger partial charge is 0.301 e. The highest BCUT2D eigenvalue weighted by molar-refractivity contribution is 6.07. The van der Waals surface area contributed by atoms with Crippen molar-refractivity contribution in [1.82, 2.24) is 24.7 Å². The van der Waals surface area contributed by atoms with Crippen LogP contribution in [0.4, 0.5) is 10.5 Å². The van der Waals surface area contributed by atoms with Crippen molar-refractivity contribution in [3.8, 4) is 0 Å². The summed E-state index contributed by atoms with van der Waals surface area (Å²) < 4.78 is 1.78. The van der Waals surface area contributed by atoms with E-state index in [9.17, 15) is 9.59 Å². The summed E-state index contributed by atoms with van der Waals surface area (Å²) >= 11 is 0. The Bertz CT molecular complexity index is 869. The molecule has 28 heavy (non-hydrogen) atoms. The number of nitrogens with one attached hydrogen (secondary N) is 1. The molecule has 0 bridgehead atoms. The maximum absolute atomic E-state index is 12.2. The molecule has 2 aromatic heterocycles. The summed E-state index contributed by atoms with van der Waals surface area (Å²) in [6.45, 7) is 11.3. The average molecular weight is 384 g/mol. The van der Waals surface area contributed by atoms with Crippen LogP contribution in [-0.4, -0.2) is 70.6 Å². The second-order valence-corrected chi connectivity index (χ2v) is 8.12. The van der Waals surface area contributed by atoms with E-state index in [2.05, 4.69) is 46.2 Å². The summed E-state index contributed by atoms with van der Waals surface area (Å²) in [6.07, 6.45) is 3.94. The fourth-order valence-corrected chi connectivity index (χ4v) is 4.02. The highest BCUT2D eigenvalue weighted by Gasteiger charge is 2.26. The van der Waals surface area contributed by atoms with E-state index >= 15 is 0 Å². The third kappa shape index (κ3) is 4.02. The molecule has 150 valence electrons. The van der Waals surface area contributed by atoms with Crippen molar-refractivity contribution in [1.29, 1.82) is 0 Å². The first-order chi connectivity index (χ1) is 13.5. The van der Waals surface area contributed by atoms with E-state index < -0.39 is 0 Å². The molecule has 3 amide bonds. The molecule has 8 heteroatoms. The highest BCUT2D eigenvalue weighted by Crippen LogP contribution is 2.24. The minimum Gasteiger partial charge on any atom is -0.301 e. The summed E-state index contributed by atoms with van der Waals surface area (Å²) in [5.41, 5.74) is 2.84. The minimum absolute atomic E-state index is 0.227. The van der Waals surface area contributed by atoms with Crippen LogP contribution in [0.3, 0.4) is 0 Å². The molecule has 2 aromatic rings. The van der Waals surface area contributed by atoms with Crippen molar-refractivity contribution in [2.75, 3.05) is 44.2 Å². The van der Waals surface area contributed by atoms with Crippen molar-refractivity contribution in [3.63, 3.8) is 0 Å². The third-order valence-electron chi connectivity index (χ3n) is 5.40. The molecule has 1 N–H and O–H groups in total. The molecule has 2 fully saturated rings. The molecule has 2 aliphatic rings. The molecule has 2 saturated heterocycles. The first kappa shape index (κ1) is 18.9. The van der Waals surface area contributed by atoms with Crippen molar-refractivity contribution in [3.05, 3.63) is 30.1 Å². The Morgan fingerprint density at radius 3 is 2.57 bits per heavy atom. The molecule has 0 aliphatic carbocycles. The van der Waals surface area contributed by atoms with Crippen LogP contribution in [0.5, 0.6) is 0 Å². The Labute approximate surface area is 165 Å². The second-order valence-electron chi connectivity index (χ2n) is 8.12. The summed E-state index contributed by atoms with van der Waals surface area (Å²) in [6, 6.07) is 3.81. The summed E-state index contributed by atoms with van der Waals surface area (Å²) in [5, 5.41) is 6.74. The standard InChI is InChI=1S/C20H28N6O2/c1-15(2)13-23-7-9-24(10-8-23)14-16-3-6-26-17(11-16)18(12-21-26)25-5-4-19(27)22-20(25)28/h3,6,11-12,15H,4-5,7-10,13-14H2,1-2H3,(H,22,27,28). The number of carbonyl (C=O) groups is 2. The number of fused-ring (bicyclic) bond motifs is 1. The molecule has 4 heterocycles. The van der Waals surface area contributed by atoms with Crippen LogP contribution in [0.15, 0.2) is 24.5 Å². The Kier molecular flexibility index (Phi) is 5.32. The Hall–Kier alpha value is -2.45. The fraction of sp³-hybridized carbons (Fsp3) is 0.550. The zero-order chi connectivity index (χ0) is 19.7. The van der Waals surface area contributed by atoms with Crippen molar-refractivity contribution < 1.29 is 9.59 Å². The van der Waals surface area contributed by atoms with Crippen molar-refractivity contribution >= 4 is 23.1 Å². The van der Waals surface area contributed by atoms with Gasteiger partial charge >= 0.3 is 6.03 Å². The minimum atomic E-state index is -0.377. The molecule has 2 aliphatic heterocycles. The number of carbonyl (C=O) groups excluding carboxylic acids is 2. The normalized spacial score (nSPS) is 19.6. The molecule has 0 saturated carbocycles. The molecular formula is C20H28N6O2. The maximum atomic E-state index is 12.2. The number of amides is 3. The molecule has 8 nitrogen and oxygen atoms in total. The van der Waals surface area contributed by atoms with Gasteiger partial charge in [0.15, 0.2) is 0 Å². The number of urea groups is 1. The lowest BCUT2D eigenvalue weighted by molar-refractivity contribution is -0.120. The Balaban J connectivity index is 1.46. The molecule has 0 aromatic carbocycles. The SMILES string of the molecule is CC(C)CN1CCN(Cc2ccn3ncc(N4CCC(=O)NC4=O)c3c2)CC1. The van der Waals surface area contributed by atoms with Crippen LogP contribution in [0.2, 0.25) is 0 Å². The van der Waals surface area contributed by atoms with E-state index in [1.165, 1.54) is 12.1 Å². The summed E-state index contributed by atoms with van der Waals surface area (Å²) in [7, 11) is 0. The van der Waals surface area contributed by atoms with Gasteiger partial charge in [-0.1, -0.05) is 13.8 Å². The van der Waals surface area contributed by atoms with Gasteiger partial charge in [0.05, 0.1) is 17.4 Å². The topological polar surface area (TPSA) is 73.2 Å². The number of imide groups is 1. The highest BCUT2D eigenvalue weighted by atomic mass is 16.2. The number of aromatic nitrogens is 2. The fourth-order valence-electron chi connectivity index (χ4n) is 4.02. The van der Waals surface area contributed by atoms with Crippen molar-refractivity contribution in [2.24, 2.45) is 5.92 Å². The van der Waals surface area contributed by atoms with Crippen LogP contribution in [0.1, 0.15) is 25.8 Å². The lowest BCUT2D eigenvalue weighted by atomic mass is 10.1. The van der Waals surface area contributed by atoms with Crippen LogP contribution >= 0.6 is 0 Å². The lowest BCUT2D eigenvalue weighted by Crippen LogP contribution is -2.49. The number of hydrogen-bond donors (Lipinski definition) is 1. The van der Waals surface area contributed by atoms with E-state index in [-0.39, 0.29) is 11.9 Å². The van der Waals surface area contributed by atoms with E-state index in [1.807, 2.05) is 6.20 Å². The number of piperazine rings is 1. The largest absolute Gasteiger partial charge is 0.328 e. The number of hydrogen-bond acceptors (Lipinski definition) is 5. The van der Waals surface area contributed by atoms with Gasteiger partial charge in [-0.15, -0.1) is 0 Å². The van der Waals surface area contributed by atoms with Gasteiger partial charge in [-0.3, -0.25) is 19.9 Å². The van der Waals surface area contributed by atoms with Crippen LogP contribution in [0.25, 0.3) is 5.52 Å². The number of pyridine rings is 1. The monoisotopic (exact) mass is 384 g/mol. The number of nitrogens with zero attached hydrogens (tertiary/aromatic N) is 5. The van der Waals surface area contributed by atoms with Crippen molar-refractivity contribution in [2.45, 2.75) is 26.8 Å². The molecule has 0 atom stereocenters. The maximum Gasteiger partial charge on any atom is 0.328 e. The summed E-state index contributed by atoms with van der Waals surface area (Å²) in [4.78, 5) is 30.2. The molecular weight excluding hydrogens is 356 g/mol. The van der Waals surface area contributed by atoms with Gasteiger partial charge in [0.1, 0.15) is 0 Å². The molecule has 4 rings (SSSR count). The molecule has 0 spiro atoms. The summed E-state index contributed by atoms with van der Waals surface area (Å²) in [5.74, 6) is 0.478. The Morgan fingerprint density at radius 1 is 1.11 bits per heavy atom. The van der Waals surface area contributed by atoms with Gasteiger partial charge in [-0.05, 0) is 23.6 Å². The quantitative estimate of drug-likeness (QED) is 0.847. The average Bonchev–Trinajstić information content (AvgIpc) is 3.06. The first-order valence-electron chi connectivity index (χ1n) is 10.0. The van der Waals surface area contributed by atoms with E-state index in [4.69, 9.17) is 0 Å². The predicted octanol–water partition coefficient (Wildman–Crippen LogP) is 1.55. The van der Waals surface area contributed by atoms with Gasteiger partial charge in [-0.25, -0.2) is 9.31 Å². The second kappa shape index (κ2) is 7.89. The Morgan fingerprint density at radius 2 is 1.86 bits per heavy atom. The van der Waals surface area contributed by atoms with E-state index in [0.29, 0.717) is 18.9 Å². The predicted molar refractivity (Wildman–Crippen MR) is 107 cm³/mol. The van der Waals surface area contributed by atoms with Crippen LogP contribution in [0, 0.1) is 5.92 Å². The molecule has 0 radical (unpaired) electrons. The van der Waals surface area contributed by atoms with Gasteiger partial charge in [0, 0.05) is 58.4 Å². The zero-order valence-electron chi connectivity index (χ0n) is 16.6. The van der Waals surface area contributed by atoms with Gasteiger partial charge < -0.3 is 4.90 Å². The van der Waals surface area contributed by atoms with Gasteiger partial charge in [0.2, 0.25) is 5.91 Å². The van der Waals surface area contributed by atoms with Gasteiger partial charge in [-0.2, -0.15) is 5.10 Å². The van der Waals surface area contributed by atoms with E-state index in [1.54, 1.807) is 15.6 Å². The third-order valence-corrected chi connectivity index (χ3v) is 5.40. The lowest BCUT2D eigenvalue weighted by Gasteiger charge is -2.35.